The summed E-state index contributed by atoms with van der Waals surface area (Å²) in [6.07, 6.45) is -16.7. The Bertz CT molecular complexity index is 1940. The number of esters is 7. The number of rotatable bonds is 14. The first-order valence-corrected chi connectivity index (χ1v) is 18.3. The first-order chi connectivity index (χ1) is 28.2. The van der Waals surface area contributed by atoms with E-state index in [2.05, 4.69) is 0 Å². The summed E-state index contributed by atoms with van der Waals surface area (Å²) < 4.78 is 56.9. The van der Waals surface area contributed by atoms with Gasteiger partial charge in [0.05, 0.1) is 23.3 Å². The van der Waals surface area contributed by atoms with E-state index >= 15 is 0 Å². The zero-order valence-electron chi connectivity index (χ0n) is 32.2. The number of carbonyl (C=O) groups is 7. The molecule has 0 aromatic heterocycles. The molecule has 0 bridgehead atoms. The molecule has 0 unspecified atom stereocenters. The van der Waals surface area contributed by atoms with Gasteiger partial charge in [0.15, 0.2) is 49.2 Å². The fourth-order valence-corrected chi connectivity index (χ4v) is 6.24. The van der Waals surface area contributed by atoms with Crippen LogP contribution in [0.25, 0.3) is 0 Å². The van der Waals surface area contributed by atoms with Crippen molar-refractivity contribution in [2.45, 2.75) is 89.1 Å². The SMILES string of the molecule is CC(=O)OC[C@H]1O[C@H](OC[C@H]2O[C@@H](O)[C@H](OC(=O)c3ccccc3)[C@@H](OC(=O)c3ccccc3)[C@H]2OC(=O)c2ccccc2)[C@H](OC(C)=O)[C@@H](OC(C)=O)[C@H]1OC(C)=O. The van der Waals surface area contributed by atoms with Gasteiger partial charge in [-0.15, -0.1) is 0 Å². The summed E-state index contributed by atoms with van der Waals surface area (Å²) in [6, 6.07) is 23.1. The summed E-state index contributed by atoms with van der Waals surface area (Å²) in [7, 11) is 0. The van der Waals surface area contributed by atoms with Crippen molar-refractivity contribution in [1.29, 1.82) is 0 Å². The van der Waals surface area contributed by atoms with Crippen LogP contribution in [0.3, 0.4) is 0 Å². The Morgan fingerprint density at radius 1 is 0.458 bits per heavy atom. The second kappa shape index (κ2) is 20.5. The highest BCUT2D eigenvalue weighted by Gasteiger charge is 2.55. The van der Waals surface area contributed by atoms with Crippen LogP contribution in [-0.4, -0.2) is 122 Å². The minimum absolute atomic E-state index is 0.0556. The van der Waals surface area contributed by atoms with Gasteiger partial charge in [0, 0.05) is 27.7 Å². The van der Waals surface area contributed by atoms with E-state index in [-0.39, 0.29) is 16.7 Å². The molecule has 0 amide bonds. The summed E-state index contributed by atoms with van der Waals surface area (Å²) in [6.45, 7) is 2.97. The van der Waals surface area contributed by atoms with Crippen LogP contribution in [0.4, 0.5) is 0 Å². The minimum atomic E-state index is -2.05. The third-order valence-corrected chi connectivity index (χ3v) is 8.74. The molecule has 2 saturated heterocycles. The molecule has 1 N–H and O–H groups in total. The molecule has 2 aliphatic heterocycles. The van der Waals surface area contributed by atoms with Crippen LogP contribution in [0.15, 0.2) is 91.0 Å². The van der Waals surface area contributed by atoms with Gasteiger partial charge in [-0.2, -0.15) is 0 Å². The molecule has 18 heteroatoms. The van der Waals surface area contributed by atoms with Crippen molar-refractivity contribution in [2.75, 3.05) is 13.2 Å². The Balaban J connectivity index is 1.53. The van der Waals surface area contributed by atoms with E-state index in [1.807, 2.05) is 0 Å². The van der Waals surface area contributed by atoms with E-state index in [0.717, 1.165) is 27.7 Å². The fraction of sp³-hybridized carbons (Fsp3) is 0.390. The van der Waals surface area contributed by atoms with Gasteiger partial charge in [-0.1, -0.05) is 54.6 Å². The van der Waals surface area contributed by atoms with Crippen LogP contribution in [0.1, 0.15) is 58.8 Å². The van der Waals surface area contributed by atoms with Crippen LogP contribution in [0.5, 0.6) is 0 Å². The molecule has 18 nitrogen and oxygen atoms in total. The molecule has 2 aliphatic rings. The lowest BCUT2D eigenvalue weighted by molar-refractivity contribution is -0.327. The van der Waals surface area contributed by atoms with Crippen molar-refractivity contribution in [3.05, 3.63) is 108 Å². The molecule has 314 valence electrons. The van der Waals surface area contributed by atoms with Gasteiger partial charge in [0.2, 0.25) is 0 Å². The third kappa shape index (κ3) is 11.9. The van der Waals surface area contributed by atoms with E-state index in [0.29, 0.717) is 0 Å². The van der Waals surface area contributed by atoms with E-state index in [1.165, 1.54) is 36.4 Å². The van der Waals surface area contributed by atoms with Crippen molar-refractivity contribution in [3.63, 3.8) is 0 Å². The van der Waals surface area contributed by atoms with E-state index in [4.69, 9.17) is 47.4 Å². The number of benzene rings is 3. The molecule has 0 radical (unpaired) electrons. The average Bonchev–Trinajstić information content (AvgIpc) is 3.20. The minimum Gasteiger partial charge on any atom is -0.463 e. The Morgan fingerprint density at radius 2 is 0.831 bits per heavy atom. The van der Waals surface area contributed by atoms with Crippen molar-refractivity contribution in [3.8, 4) is 0 Å². The molecule has 0 saturated carbocycles. The zero-order chi connectivity index (χ0) is 42.6. The largest absolute Gasteiger partial charge is 0.463 e. The Kier molecular flexibility index (Phi) is 15.2. The van der Waals surface area contributed by atoms with Gasteiger partial charge < -0.3 is 52.5 Å². The van der Waals surface area contributed by atoms with Gasteiger partial charge in [-0.25, -0.2) is 14.4 Å². The zero-order valence-corrected chi connectivity index (χ0v) is 32.2. The highest BCUT2D eigenvalue weighted by Crippen LogP contribution is 2.33. The second-order valence-corrected chi connectivity index (χ2v) is 13.2. The predicted octanol–water partition coefficient (Wildman–Crippen LogP) is 2.48. The number of ether oxygens (including phenoxy) is 10. The first-order valence-electron chi connectivity index (χ1n) is 18.3. The molecule has 3 aromatic rings. The number of aliphatic hydroxyl groups excluding tert-OH is 1. The second-order valence-electron chi connectivity index (χ2n) is 13.2. The standard InChI is InChI=1S/C41H42O18/c1-22(42)50-20-30-31(52-23(2)43)34(53-24(3)44)36(54-25(4)45)41(56-30)51-21-29-32(57-37(46)26-14-8-5-9-15-26)33(58-38(47)27-16-10-6-11-17-27)35(40(49)55-29)59-39(48)28-18-12-7-13-19-28/h5-19,29-36,40-41,49H,20-21H2,1-4H3/t29-,30-,31+,32+,33+,34+,35-,36-,40-,41+/m1/s1. The van der Waals surface area contributed by atoms with Crippen molar-refractivity contribution in [2.24, 2.45) is 0 Å². The number of carbonyl (C=O) groups excluding carboxylic acids is 7. The maximum absolute atomic E-state index is 13.7. The highest BCUT2D eigenvalue weighted by molar-refractivity contribution is 5.91. The fourth-order valence-electron chi connectivity index (χ4n) is 6.24. The Morgan fingerprint density at radius 3 is 1.29 bits per heavy atom. The molecule has 0 aliphatic carbocycles. The number of hydrogen-bond acceptors (Lipinski definition) is 18. The average molecular weight is 823 g/mol. The van der Waals surface area contributed by atoms with Crippen molar-refractivity contribution >= 4 is 41.8 Å². The molecular weight excluding hydrogens is 780 g/mol. The first kappa shape index (κ1) is 43.9. The monoisotopic (exact) mass is 822 g/mol. The Hall–Kier alpha value is -6.21. The highest BCUT2D eigenvalue weighted by atomic mass is 16.7. The summed E-state index contributed by atoms with van der Waals surface area (Å²) in [5.41, 5.74) is 0.184. The molecule has 10 atom stereocenters. The number of aliphatic hydroxyl groups is 1. The van der Waals surface area contributed by atoms with Gasteiger partial charge in [0.25, 0.3) is 0 Å². The van der Waals surface area contributed by atoms with E-state index in [1.54, 1.807) is 54.6 Å². The van der Waals surface area contributed by atoms with Crippen LogP contribution in [0, 0.1) is 0 Å². The lowest BCUT2D eigenvalue weighted by Crippen LogP contribution is -2.64. The maximum atomic E-state index is 13.7. The molecule has 59 heavy (non-hydrogen) atoms. The molecular formula is C41H42O18. The smallest absolute Gasteiger partial charge is 0.338 e. The summed E-state index contributed by atoms with van der Waals surface area (Å²) in [5, 5.41) is 11.4. The lowest BCUT2D eigenvalue weighted by atomic mass is 9.97. The lowest BCUT2D eigenvalue weighted by Gasteiger charge is -2.45. The van der Waals surface area contributed by atoms with E-state index < -0.39 is 116 Å². The van der Waals surface area contributed by atoms with Crippen LogP contribution in [0.2, 0.25) is 0 Å². The topological polar surface area (TPSA) is 232 Å². The van der Waals surface area contributed by atoms with Gasteiger partial charge >= 0.3 is 41.8 Å². The van der Waals surface area contributed by atoms with Crippen molar-refractivity contribution < 1.29 is 86.0 Å². The molecule has 0 spiro atoms. The molecule has 2 fully saturated rings. The van der Waals surface area contributed by atoms with Crippen LogP contribution in [-0.2, 0) is 66.5 Å². The third-order valence-electron chi connectivity index (χ3n) is 8.74. The molecule has 5 rings (SSSR count). The van der Waals surface area contributed by atoms with Crippen molar-refractivity contribution in [1.82, 2.24) is 0 Å². The summed E-state index contributed by atoms with van der Waals surface area (Å²) in [4.78, 5) is 89.4. The number of hydrogen-bond donors (Lipinski definition) is 1. The molecule has 2 heterocycles. The van der Waals surface area contributed by atoms with Gasteiger partial charge in [0.1, 0.15) is 18.8 Å². The Labute approximate surface area is 337 Å². The van der Waals surface area contributed by atoms with Gasteiger partial charge in [-0.3, -0.25) is 19.2 Å². The van der Waals surface area contributed by atoms with Crippen LogP contribution >= 0.6 is 0 Å². The van der Waals surface area contributed by atoms with Crippen LogP contribution < -0.4 is 0 Å². The van der Waals surface area contributed by atoms with Gasteiger partial charge in [-0.05, 0) is 36.4 Å². The molecule has 3 aromatic carbocycles. The maximum Gasteiger partial charge on any atom is 0.338 e. The van der Waals surface area contributed by atoms with E-state index in [9.17, 15) is 38.7 Å². The summed E-state index contributed by atoms with van der Waals surface area (Å²) in [5.74, 6) is -6.23. The quantitative estimate of drug-likeness (QED) is 0.182. The predicted molar refractivity (Wildman–Crippen MR) is 196 cm³/mol. The normalized spacial score (nSPS) is 26.3. The summed E-state index contributed by atoms with van der Waals surface area (Å²) >= 11 is 0.